The first kappa shape index (κ1) is 28.8. The van der Waals surface area contributed by atoms with Crippen LogP contribution in [0, 0.1) is 23.6 Å². The van der Waals surface area contributed by atoms with Gasteiger partial charge >= 0.3 is 6.18 Å². The molecule has 6 rings (SSSR count). The number of carbonyl (C=O) groups excluding carboxylic acids is 4. The number of rotatable bonds is 3. The maximum atomic E-state index is 14.6. The Morgan fingerprint density at radius 2 is 1.79 bits per heavy atom. The first-order valence-corrected chi connectivity index (χ1v) is 13.6. The highest BCUT2D eigenvalue weighted by Crippen LogP contribution is 2.56. The third-order valence-electron chi connectivity index (χ3n) is 8.59. The van der Waals surface area contributed by atoms with Crippen LogP contribution < -0.4 is 5.01 Å². The van der Waals surface area contributed by atoms with Crippen molar-refractivity contribution in [1.29, 1.82) is 0 Å². The molecule has 3 aliphatic carbocycles. The Labute approximate surface area is 246 Å². The number of Topliss-reactive ketones (excluding diaryl/α,β-unsaturated/α-hetero) is 1. The van der Waals surface area contributed by atoms with Crippen LogP contribution >= 0.6 is 11.6 Å². The molecule has 4 aliphatic rings. The molecule has 1 aromatic heterocycles. The van der Waals surface area contributed by atoms with E-state index in [9.17, 15) is 41.8 Å². The van der Waals surface area contributed by atoms with Gasteiger partial charge in [0.05, 0.1) is 16.9 Å². The number of pyridine rings is 1. The molecule has 2 heterocycles. The summed E-state index contributed by atoms with van der Waals surface area (Å²) in [5.74, 6) is -8.39. The number of amides is 2. The fourth-order valence-corrected chi connectivity index (χ4v) is 6.90. The number of allylic oxidation sites excluding steroid dienone is 6. The van der Waals surface area contributed by atoms with E-state index < -0.39 is 76.3 Å². The number of hydrogen-bond acceptors (Lipinski definition) is 7. The number of imide groups is 1. The van der Waals surface area contributed by atoms with Crippen LogP contribution in [0.15, 0.2) is 64.8 Å². The van der Waals surface area contributed by atoms with Crippen molar-refractivity contribution in [2.24, 2.45) is 17.8 Å². The molecule has 4 atom stereocenters. The molecule has 222 valence electrons. The van der Waals surface area contributed by atoms with Crippen LogP contribution in [0.1, 0.15) is 36.9 Å². The summed E-state index contributed by atoms with van der Waals surface area (Å²) < 4.78 is 54.7. The second-order valence-corrected chi connectivity index (χ2v) is 11.3. The van der Waals surface area contributed by atoms with Gasteiger partial charge in [-0.15, -0.1) is 0 Å². The van der Waals surface area contributed by atoms with Gasteiger partial charge < -0.3 is 5.11 Å². The molecule has 2 amide bonds. The number of alkyl halides is 3. The van der Waals surface area contributed by atoms with E-state index in [1.54, 1.807) is 6.08 Å². The van der Waals surface area contributed by atoms with E-state index in [4.69, 9.17) is 11.6 Å². The number of nitrogens with zero attached hydrogens (tertiary/aromatic N) is 3. The maximum absolute atomic E-state index is 14.6. The molecule has 8 nitrogen and oxygen atoms in total. The second-order valence-electron chi connectivity index (χ2n) is 10.9. The third kappa shape index (κ3) is 4.30. The Morgan fingerprint density at radius 3 is 2.49 bits per heavy atom. The molecule has 1 aromatic carbocycles. The Balaban J connectivity index is 1.45. The molecule has 43 heavy (non-hydrogen) atoms. The van der Waals surface area contributed by atoms with Crippen LogP contribution in [-0.4, -0.2) is 45.5 Å². The quantitative estimate of drug-likeness (QED) is 0.222. The van der Waals surface area contributed by atoms with Crippen LogP contribution in [0.3, 0.4) is 0 Å². The predicted octanol–water partition coefficient (Wildman–Crippen LogP) is 5.08. The van der Waals surface area contributed by atoms with Crippen molar-refractivity contribution in [2.75, 3.05) is 12.1 Å². The van der Waals surface area contributed by atoms with Crippen molar-refractivity contribution in [3.05, 3.63) is 86.9 Å². The largest absolute Gasteiger partial charge is 0.505 e. The highest BCUT2D eigenvalue weighted by Gasteiger charge is 2.58. The van der Waals surface area contributed by atoms with Gasteiger partial charge in [0.15, 0.2) is 29.0 Å². The Hall–Kier alpha value is -4.32. The minimum atomic E-state index is -4.81. The van der Waals surface area contributed by atoms with Gasteiger partial charge in [-0.3, -0.25) is 24.2 Å². The number of para-hydroxylation sites is 1. The summed E-state index contributed by atoms with van der Waals surface area (Å²) in [5.41, 5.74) is -0.421. The summed E-state index contributed by atoms with van der Waals surface area (Å²) in [5, 5.41) is 12.1. The third-order valence-corrected chi connectivity index (χ3v) is 8.89. The number of aromatic nitrogens is 1. The van der Waals surface area contributed by atoms with Gasteiger partial charge in [-0.1, -0.05) is 35.4 Å². The number of carbonyl (C=O) groups is 4. The maximum Gasteiger partial charge on any atom is 0.433 e. The number of fused-ring (bicyclic) bond motifs is 3. The van der Waals surface area contributed by atoms with Gasteiger partial charge in [-0.25, -0.2) is 9.37 Å². The van der Waals surface area contributed by atoms with E-state index in [0.29, 0.717) is 16.6 Å². The van der Waals surface area contributed by atoms with Crippen molar-refractivity contribution < 1.29 is 41.8 Å². The van der Waals surface area contributed by atoms with Crippen molar-refractivity contribution >= 4 is 40.8 Å². The van der Waals surface area contributed by atoms with Gasteiger partial charge in [-0.05, 0) is 50.0 Å². The summed E-state index contributed by atoms with van der Waals surface area (Å²) in [6, 6.07) is 5.46. The zero-order valence-corrected chi connectivity index (χ0v) is 23.3. The van der Waals surface area contributed by atoms with Crippen molar-refractivity contribution in [3.8, 4) is 5.75 Å². The first-order chi connectivity index (χ1) is 20.2. The Bertz CT molecular complexity index is 1750. The number of phenolic OH excluding ortho intramolecular Hbond substituents is 1. The average molecular weight is 616 g/mol. The summed E-state index contributed by atoms with van der Waals surface area (Å²) in [4.78, 5) is 57.8. The molecular weight excluding hydrogens is 594 g/mol. The summed E-state index contributed by atoms with van der Waals surface area (Å²) >= 11 is 6.14. The minimum Gasteiger partial charge on any atom is -0.505 e. The lowest BCUT2D eigenvalue weighted by molar-refractivity contribution is -0.141. The number of halogens is 5. The normalized spacial score (nSPS) is 25.3. The molecule has 1 aliphatic heterocycles. The van der Waals surface area contributed by atoms with E-state index in [0.717, 1.165) is 17.1 Å². The lowest BCUT2D eigenvalue weighted by Crippen LogP contribution is -2.46. The SMILES string of the molecule is CC1=CC(=O)C2=C(C1=O)[C@@H](c1cccc(F)c1O)C1=CC[C@@H]3C(=O)N(N(C)c4nc(C(F)(F)F)ccc4Cl)C(=O)[C@@H]3[C@@H]1C2. The minimum absolute atomic E-state index is 0.0152. The number of phenols is 1. The lowest BCUT2D eigenvalue weighted by atomic mass is 9.59. The molecule has 0 unspecified atom stereocenters. The average Bonchev–Trinajstić information content (AvgIpc) is 3.21. The summed E-state index contributed by atoms with van der Waals surface area (Å²) in [7, 11) is 1.20. The molecule has 13 heteroatoms. The van der Waals surface area contributed by atoms with E-state index in [1.165, 1.54) is 32.2 Å². The zero-order chi connectivity index (χ0) is 31.1. The number of benzene rings is 1. The molecule has 1 N–H and O–H groups in total. The molecule has 1 saturated heterocycles. The molecule has 1 fully saturated rings. The van der Waals surface area contributed by atoms with Crippen LogP contribution in [0.2, 0.25) is 5.02 Å². The molecular formula is C30H22ClF4N3O5. The fourth-order valence-electron chi connectivity index (χ4n) is 6.67. The summed E-state index contributed by atoms with van der Waals surface area (Å²) in [6.45, 7) is 1.48. The zero-order valence-electron chi connectivity index (χ0n) is 22.6. The van der Waals surface area contributed by atoms with Crippen LogP contribution in [0.5, 0.6) is 5.75 Å². The van der Waals surface area contributed by atoms with Gasteiger partial charge in [0.2, 0.25) is 0 Å². The highest BCUT2D eigenvalue weighted by molar-refractivity contribution is 6.33. The first-order valence-electron chi connectivity index (χ1n) is 13.2. The lowest BCUT2D eigenvalue weighted by Gasteiger charge is -2.42. The van der Waals surface area contributed by atoms with Gasteiger partial charge in [0.1, 0.15) is 5.69 Å². The van der Waals surface area contributed by atoms with E-state index in [1.807, 2.05) is 0 Å². The predicted molar refractivity (Wildman–Crippen MR) is 144 cm³/mol. The topological polar surface area (TPSA) is 108 Å². The number of anilines is 1. The van der Waals surface area contributed by atoms with E-state index in [-0.39, 0.29) is 40.1 Å². The van der Waals surface area contributed by atoms with Crippen LogP contribution in [0.25, 0.3) is 0 Å². The van der Waals surface area contributed by atoms with Crippen LogP contribution in [-0.2, 0) is 25.4 Å². The van der Waals surface area contributed by atoms with Gasteiger partial charge in [0, 0.05) is 35.2 Å². The fraction of sp³-hybridized carbons (Fsp3) is 0.300. The van der Waals surface area contributed by atoms with E-state index in [2.05, 4.69) is 4.98 Å². The second kappa shape index (κ2) is 9.87. The molecule has 2 aromatic rings. The molecule has 0 bridgehead atoms. The van der Waals surface area contributed by atoms with Crippen molar-refractivity contribution in [3.63, 3.8) is 0 Å². The number of ketones is 2. The number of hydrogen-bond donors (Lipinski definition) is 1. The highest BCUT2D eigenvalue weighted by atomic mass is 35.5. The standard InChI is InChI=1S/C30H22ClF4N3O5/c1-12-10-20(39)17-11-16-13(22(24(17)25(12)40)14-4-3-5-19(32)26(14)41)6-7-15-23(16)29(43)38(28(15)42)37(2)27-18(31)8-9-21(36-27)30(33,34)35/h3-6,8-10,15-16,22-23,41H,7,11H2,1-2H3/t15-,16+,22+,23-/m0/s1. The van der Waals surface area contributed by atoms with Crippen LogP contribution in [0.4, 0.5) is 23.4 Å². The summed E-state index contributed by atoms with van der Waals surface area (Å²) in [6.07, 6.45) is -2.03. The smallest absolute Gasteiger partial charge is 0.433 e. The van der Waals surface area contributed by atoms with Gasteiger partial charge in [-0.2, -0.15) is 18.2 Å². The molecule has 0 saturated carbocycles. The number of hydrazine groups is 1. The number of aromatic hydroxyl groups is 1. The van der Waals surface area contributed by atoms with Gasteiger partial charge in [0.25, 0.3) is 11.8 Å². The Kier molecular flexibility index (Phi) is 6.60. The van der Waals surface area contributed by atoms with Crippen molar-refractivity contribution in [2.45, 2.75) is 31.9 Å². The molecule has 0 spiro atoms. The molecule has 0 radical (unpaired) electrons. The monoisotopic (exact) mass is 615 g/mol. The van der Waals surface area contributed by atoms with Crippen molar-refractivity contribution in [1.82, 2.24) is 9.99 Å². The Morgan fingerprint density at radius 1 is 1.07 bits per heavy atom. The van der Waals surface area contributed by atoms with E-state index >= 15 is 0 Å².